The molecule has 1 N–H and O–H groups in total. The second-order valence-corrected chi connectivity index (χ2v) is 5.62. The molecular weight excluding hydrogens is 266 g/mol. The van der Waals surface area contributed by atoms with E-state index >= 15 is 0 Å². The van der Waals surface area contributed by atoms with Crippen molar-refractivity contribution in [1.29, 1.82) is 0 Å². The summed E-state index contributed by atoms with van der Waals surface area (Å²) in [5.41, 5.74) is 0.816. The highest BCUT2D eigenvalue weighted by Gasteiger charge is 2.49. The Morgan fingerprint density at radius 2 is 1.75 bits per heavy atom. The van der Waals surface area contributed by atoms with Crippen LogP contribution in [0.3, 0.4) is 0 Å². The third-order valence-electron chi connectivity index (χ3n) is 2.98. The van der Waals surface area contributed by atoms with Crippen LogP contribution in [-0.4, -0.2) is 23.6 Å². The zero-order chi connectivity index (χ0) is 15.6. The summed E-state index contributed by atoms with van der Waals surface area (Å²) >= 11 is 0. The smallest absolute Gasteiger partial charge is 0.380 e. The monoisotopic (exact) mass is 286 g/mol. The molecule has 0 aliphatic heterocycles. The van der Waals surface area contributed by atoms with Crippen LogP contribution in [-0.2, 0) is 14.9 Å². The average molecular weight is 286 g/mol. The van der Waals surface area contributed by atoms with Crippen LogP contribution in [0.5, 0.6) is 0 Å². The number of halogens is 2. The van der Waals surface area contributed by atoms with Crippen molar-refractivity contribution in [2.24, 2.45) is 0 Å². The molecule has 5 heteroatoms. The van der Waals surface area contributed by atoms with Crippen molar-refractivity contribution in [3.05, 3.63) is 35.4 Å². The van der Waals surface area contributed by atoms with Gasteiger partial charge in [-0.05, 0) is 23.5 Å². The molecule has 0 aliphatic rings. The lowest BCUT2D eigenvalue weighted by Crippen LogP contribution is -2.37. The second-order valence-electron chi connectivity index (χ2n) is 5.62. The van der Waals surface area contributed by atoms with Gasteiger partial charge in [-0.2, -0.15) is 8.78 Å². The zero-order valence-electron chi connectivity index (χ0n) is 12.1. The van der Waals surface area contributed by atoms with Crippen molar-refractivity contribution >= 4 is 5.97 Å². The third kappa shape index (κ3) is 3.54. The molecule has 1 aromatic rings. The first-order chi connectivity index (χ1) is 9.10. The number of hydrogen-bond donors (Lipinski definition) is 1. The minimum Gasteiger partial charge on any atom is -0.461 e. The maximum atomic E-state index is 13.7. The fraction of sp³-hybridized carbons (Fsp3) is 0.533. The van der Waals surface area contributed by atoms with E-state index < -0.39 is 18.0 Å². The highest BCUT2D eigenvalue weighted by atomic mass is 19.3. The zero-order valence-corrected chi connectivity index (χ0v) is 12.1. The molecule has 112 valence electrons. The molecule has 1 aromatic carbocycles. The Bertz CT molecular complexity index is 461. The van der Waals surface area contributed by atoms with Gasteiger partial charge in [0.15, 0.2) is 6.10 Å². The van der Waals surface area contributed by atoms with Gasteiger partial charge >= 0.3 is 11.9 Å². The first-order valence-corrected chi connectivity index (χ1v) is 6.44. The molecule has 0 fully saturated rings. The van der Waals surface area contributed by atoms with Gasteiger partial charge in [-0.1, -0.05) is 45.0 Å². The number of carbonyl (C=O) groups excluding carboxylic acids is 1. The van der Waals surface area contributed by atoms with Crippen molar-refractivity contribution in [3.8, 4) is 0 Å². The summed E-state index contributed by atoms with van der Waals surface area (Å²) in [6, 6.07) is 6.14. The fourth-order valence-electron chi connectivity index (χ4n) is 1.71. The molecule has 1 atom stereocenters. The van der Waals surface area contributed by atoms with E-state index in [9.17, 15) is 18.7 Å². The first kappa shape index (κ1) is 16.6. The van der Waals surface area contributed by atoms with E-state index in [2.05, 4.69) is 4.74 Å². The second kappa shape index (κ2) is 5.87. The fourth-order valence-corrected chi connectivity index (χ4v) is 1.71. The summed E-state index contributed by atoms with van der Waals surface area (Å²) in [5, 5.41) is 9.69. The minimum atomic E-state index is -3.96. The van der Waals surface area contributed by atoms with Crippen molar-refractivity contribution in [1.82, 2.24) is 0 Å². The van der Waals surface area contributed by atoms with Crippen molar-refractivity contribution in [2.75, 3.05) is 6.61 Å². The number of aliphatic hydroxyl groups excluding tert-OH is 1. The Kier molecular flexibility index (Phi) is 4.86. The number of carbonyl (C=O) groups is 1. The molecule has 20 heavy (non-hydrogen) atoms. The minimum absolute atomic E-state index is 0.0175. The summed E-state index contributed by atoms with van der Waals surface area (Å²) in [5.74, 6) is -5.67. The Hall–Kier alpha value is -1.49. The summed E-state index contributed by atoms with van der Waals surface area (Å²) in [6.45, 7) is 7.24. The number of ether oxygens (including phenoxy) is 1. The van der Waals surface area contributed by atoms with Crippen LogP contribution >= 0.6 is 0 Å². The molecule has 0 heterocycles. The molecule has 0 radical (unpaired) electrons. The van der Waals surface area contributed by atoms with Gasteiger partial charge in [0, 0.05) is 0 Å². The van der Waals surface area contributed by atoms with Crippen molar-refractivity contribution in [2.45, 2.75) is 45.1 Å². The lowest BCUT2D eigenvalue weighted by molar-refractivity contribution is -0.189. The van der Waals surface area contributed by atoms with Crippen LogP contribution < -0.4 is 0 Å². The predicted octanol–water partition coefficient (Wildman–Crippen LogP) is 3.22. The quantitative estimate of drug-likeness (QED) is 0.864. The van der Waals surface area contributed by atoms with Gasteiger partial charge in [0.05, 0.1) is 6.61 Å². The summed E-state index contributed by atoms with van der Waals surface area (Å²) in [4.78, 5) is 11.2. The van der Waals surface area contributed by atoms with Gasteiger partial charge < -0.3 is 9.84 Å². The van der Waals surface area contributed by atoms with Crippen molar-refractivity contribution in [3.63, 3.8) is 0 Å². The van der Waals surface area contributed by atoms with E-state index in [0.717, 1.165) is 5.56 Å². The van der Waals surface area contributed by atoms with Crippen LogP contribution in [0.2, 0.25) is 0 Å². The average Bonchev–Trinajstić information content (AvgIpc) is 2.37. The Labute approximate surface area is 117 Å². The Morgan fingerprint density at radius 1 is 1.25 bits per heavy atom. The third-order valence-corrected chi connectivity index (χ3v) is 2.98. The standard InChI is InChI=1S/C15H20F2O3/c1-5-20-13(19)15(16,17)12(18)10-6-8-11(9-7-10)14(2,3)4/h6-9,12,18H,5H2,1-4H3. The Morgan fingerprint density at radius 3 is 2.15 bits per heavy atom. The van der Waals surface area contributed by atoms with Gasteiger partial charge in [-0.15, -0.1) is 0 Å². The van der Waals surface area contributed by atoms with Gasteiger partial charge in [-0.25, -0.2) is 4.79 Å². The molecule has 0 aliphatic carbocycles. The Balaban J connectivity index is 2.97. The van der Waals surface area contributed by atoms with E-state index in [-0.39, 0.29) is 17.6 Å². The van der Waals surface area contributed by atoms with E-state index in [4.69, 9.17) is 0 Å². The van der Waals surface area contributed by atoms with Gasteiger partial charge in [-0.3, -0.25) is 0 Å². The molecule has 0 amide bonds. The lowest BCUT2D eigenvalue weighted by Gasteiger charge is -2.23. The molecule has 0 spiro atoms. The maximum Gasteiger partial charge on any atom is 0.380 e. The van der Waals surface area contributed by atoms with Crippen LogP contribution in [0, 0.1) is 0 Å². The molecule has 0 saturated carbocycles. The first-order valence-electron chi connectivity index (χ1n) is 6.44. The number of aliphatic hydroxyl groups is 1. The highest BCUT2D eigenvalue weighted by Crippen LogP contribution is 2.33. The maximum absolute atomic E-state index is 13.7. The van der Waals surface area contributed by atoms with Crippen LogP contribution in [0.1, 0.15) is 44.9 Å². The summed E-state index contributed by atoms with van der Waals surface area (Å²) < 4.78 is 31.7. The summed E-state index contributed by atoms with van der Waals surface area (Å²) in [6.07, 6.45) is -2.21. The normalized spacial score (nSPS) is 13.9. The van der Waals surface area contributed by atoms with E-state index in [1.807, 2.05) is 20.8 Å². The molecule has 0 aromatic heterocycles. The van der Waals surface area contributed by atoms with E-state index in [1.165, 1.54) is 19.1 Å². The summed E-state index contributed by atoms with van der Waals surface area (Å²) in [7, 11) is 0. The number of rotatable bonds is 4. The highest BCUT2D eigenvalue weighted by molar-refractivity contribution is 5.78. The largest absolute Gasteiger partial charge is 0.461 e. The molecule has 3 nitrogen and oxygen atoms in total. The predicted molar refractivity (Wildman–Crippen MR) is 71.7 cm³/mol. The van der Waals surface area contributed by atoms with Gasteiger partial charge in [0.1, 0.15) is 0 Å². The van der Waals surface area contributed by atoms with Gasteiger partial charge in [0.2, 0.25) is 0 Å². The van der Waals surface area contributed by atoms with E-state index in [1.54, 1.807) is 12.1 Å². The van der Waals surface area contributed by atoms with Gasteiger partial charge in [0.25, 0.3) is 0 Å². The SMILES string of the molecule is CCOC(=O)C(F)(F)C(O)c1ccc(C(C)(C)C)cc1. The number of benzene rings is 1. The molecular formula is C15H20F2O3. The lowest BCUT2D eigenvalue weighted by atomic mass is 9.86. The molecule has 1 unspecified atom stereocenters. The topological polar surface area (TPSA) is 46.5 Å². The number of alkyl halides is 2. The number of hydrogen-bond acceptors (Lipinski definition) is 3. The van der Waals surface area contributed by atoms with Crippen LogP contribution in [0.25, 0.3) is 0 Å². The van der Waals surface area contributed by atoms with Crippen LogP contribution in [0.15, 0.2) is 24.3 Å². The van der Waals surface area contributed by atoms with E-state index in [0.29, 0.717) is 0 Å². The molecule has 0 bridgehead atoms. The van der Waals surface area contributed by atoms with Crippen molar-refractivity contribution < 1.29 is 23.4 Å². The number of esters is 1. The molecule has 1 rings (SSSR count). The molecule has 0 saturated heterocycles. The van der Waals surface area contributed by atoms with Crippen LogP contribution in [0.4, 0.5) is 8.78 Å².